The number of piperidine rings is 1. The van der Waals surface area contributed by atoms with Crippen LogP contribution in [0.1, 0.15) is 31.2 Å². The van der Waals surface area contributed by atoms with Crippen molar-refractivity contribution in [3.8, 4) is 0 Å². The van der Waals surface area contributed by atoms with Crippen LogP contribution < -0.4 is 15.5 Å². The van der Waals surface area contributed by atoms with Gasteiger partial charge in [0.25, 0.3) is 0 Å². The molecule has 3 N–H and O–H groups in total. The minimum atomic E-state index is -0.0983. The van der Waals surface area contributed by atoms with Gasteiger partial charge in [0.1, 0.15) is 0 Å². The molecule has 0 bridgehead atoms. The molecule has 1 aromatic carbocycles. The number of benzene rings is 1. The number of urea groups is 1. The van der Waals surface area contributed by atoms with E-state index in [-0.39, 0.29) is 12.1 Å². The van der Waals surface area contributed by atoms with Crippen molar-refractivity contribution >= 4 is 11.7 Å². The molecule has 1 aliphatic heterocycles. The number of hydrogen-bond donors (Lipinski definition) is 3. The van der Waals surface area contributed by atoms with Gasteiger partial charge in [0.05, 0.1) is 0 Å². The van der Waals surface area contributed by atoms with Gasteiger partial charge in [-0.15, -0.1) is 0 Å². The van der Waals surface area contributed by atoms with Crippen LogP contribution in [0.4, 0.5) is 10.5 Å². The maximum atomic E-state index is 11.9. The zero-order valence-corrected chi connectivity index (χ0v) is 14.1. The molecule has 0 unspecified atom stereocenters. The molecule has 24 heavy (non-hydrogen) atoms. The first kappa shape index (κ1) is 16.8. The second-order valence-corrected chi connectivity index (χ2v) is 6.75. The summed E-state index contributed by atoms with van der Waals surface area (Å²) in [6.07, 6.45) is 8.16. The van der Waals surface area contributed by atoms with E-state index < -0.39 is 0 Å². The first-order valence-corrected chi connectivity index (χ1v) is 8.88. The van der Waals surface area contributed by atoms with E-state index in [1.54, 1.807) is 0 Å². The Morgan fingerprint density at radius 1 is 1.12 bits per heavy atom. The van der Waals surface area contributed by atoms with E-state index in [2.05, 4.69) is 52.0 Å². The lowest BCUT2D eigenvalue weighted by atomic mass is 9.97. The fourth-order valence-electron chi connectivity index (χ4n) is 3.35. The third-order valence-corrected chi connectivity index (χ3v) is 4.97. The maximum absolute atomic E-state index is 11.9. The molecule has 0 saturated carbocycles. The van der Waals surface area contributed by atoms with Crippen molar-refractivity contribution in [1.29, 1.82) is 0 Å². The van der Waals surface area contributed by atoms with E-state index >= 15 is 0 Å². The molecule has 130 valence electrons. The molecule has 5 nitrogen and oxygen atoms in total. The molecular weight excluding hydrogens is 302 g/mol. The zero-order chi connectivity index (χ0) is 16.8. The molecule has 1 fully saturated rings. The minimum Gasteiger partial charge on any atom is -0.396 e. The van der Waals surface area contributed by atoms with Crippen LogP contribution in [0.25, 0.3) is 0 Å². The summed E-state index contributed by atoms with van der Waals surface area (Å²) in [4.78, 5) is 14.2. The molecule has 1 aromatic rings. The minimum absolute atomic E-state index is 0.0983. The van der Waals surface area contributed by atoms with E-state index in [1.165, 1.54) is 5.69 Å². The predicted molar refractivity (Wildman–Crippen MR) is 96.0 cm³/mol. The van der Waals surface area contributed by atoms with E-state index in [4.69, 9.17) is 0 Å². The molecule has 5 heteroatoms. The Morgan fingerprint density at radius 2 is 1.79 bits per heavy atom. The average Bonchev–Trinajstić information content (AvgIpc) is 3.13. The van der Waals surface area contributed by atoms with Gasteiger partial charge in [-0.1, -0.05) is 24.3 Å². The Balaban J connectivity index is 1.43. The molecule has 2 aliphatic rings. The summed E-state index contributed by atoms with van der Waals surface area (Å²) in [5.74, 6) is 0.457. The summed E-state index contributed by atoms with van der Waals surface area (Å²) >= 11 is 0. The number of aliphatic hydroxyl groups is 1. The number of anilines is 1. The highest BCUT2D eigenvalue weighted by Crippen LogP contribution is 2.23. The standard InChI is InChI=1S/C19H27N3O2/c23-14-16-9-11-22(12-10-16)18-7-5-15(6-8-18)13-20-19(24)21-17-3-1-2-4-17/h1-2,5-8,16-17,23H,3-4,9-14H2,(H2,20,21,24). The molecule has 1 aliphatic carbocycles. The SMILES string of the molecule is O=C(NCc1ccc(N2CCC(CO)CC2)cc1)NC1CC=CC1. The van der Waals surface area contributed by atoms with E-state index in [0.717, 1.165) is 44.3 Å². The number of carbonyl (C=O) groups excluding carboxylic acids is 1. The van der Waals surface area contributed by atoms with Crippen LogP contribution in [0.15, 0.2) is 36.4 Å². The van der Waals surface area contributed by atoms with Crippen molar-refractivity contribution in [3.63, 3.8) is 0 Å². The Bertz CT molecular complexity index is 554. The third-order valence-electron chi connectivity index (χ3n) is 4.97. The summed E-state index contributed by atoms with van der Waals surface area (Å²) in [7, 11) is 0. The van der Waals surface area contributed by atoms with Crippen LogP contribution in [0, 0.1) is 5.92 Å². The number of nitrogens with zero attached hydrogens (tertiary/aromatic N) is 1. The second kappa shape index (κ2) is 8.20. The van der Waals surface area contributed by atoms with Crippen molar-refractivity contribution in [2.45, 2.75) is 38.3 Å². The van der Waals surface area contributed by atoms with Gasteiger partial charge in [0.2, 0.25) is 0 Å². The van der Waals surface area contributed by atoms with Gasteiger partial charge in [-0.3, -0.25) is 0 Å². The van der Waals surface area contributed by atoms with Gasteiger partial charge >= 0.3 is 6.03 Å². The Kier molecular flexibility index (Phi) is 5.75. The summed E-state index contributed by atoms with van der Waals surface area (Å²) in [6.45, 7) is 2.84. The largest absolute Gasteiger partial charge is 0.396 e. The molecule has 2 amide bonds. The highest BCUT2D eigenvalue weighted by Gasteiger charge is 2.18. The second-order valence-electron chi connectivity index (χ2n) is 6.75. The first-order chi connectivity index (χ1) is 11.7. The fourth-order valence-corrected chi connectivity index (χ4v) is 3.35. The number of hydrogen-bond acceptors (Lipinski definition) is 3. The third kappa shape index (κ3) is 4.51. The van der Waals surface area contributed by atoms with Gasteiger partial charge < -0.3 is 20.6 Å². The number of aliphatic hydroxyl groups excluding tert-OH is 1. The topological polar surface area (TPSA) is 64.6 Å². The Morgan fingerprint density at radius 3 is 2.42 bits per heavy atom. The zero-order valence-electron chi connectivity index (χ0n) is 14.1. The summed E-state index contributed by atoms with van der Waals surface area (Å²) < 4.78 is 0. The van der Waals surface area contributed by atoms with Crippen LogP contribution in [-0.4, -0.2) is 36.9 Å². The lowest BCUT2D eigenvalue weighted by Gasteiger charge is -2.33. The van der Waals surface area contributed by atoms with Crippen molar-refractivity contribution in [2.75, 3.05) is 24.6 Å². The number of amides is 2. The van der Waals surface area contributed by atoms with Crippen molar-refractivity contribution in [3.05, 3.63) is 42.0 Å². The fraction of sp³-hybridized carbons (Fsp3) is 0.526. The molecule has 0 atom stereocenters. The van der Waals surface area contributed by atoms with Gasteiger partial charge in [-0.2, -0.15) is 0 Å². The van der Waals surface area contributed by atoms with Crippen molar-refractivity contribution in [1.82, 2.24) is 10.6 Å². The molecular formula is C19H27N3O2. The Hall–Kier alpha value is -2.01. The summed E-state index contributed by atoms with van der Waals surface area (Å²) in [5.41, 5.74) is 2.32. The van der Waals surface area contributed by atoms with Crippen LogP contribution in [0.5, 0.6) is 0 Å². The highest BCUT2D eigenvalue weighted by molar-refractivity contribution is 5.74. The normalized spacial score (nSPS) is 18.8. The first-order valence-electron chi connectivity index (χ1n) is 8.88. The summed E-state index contributed by atoms with van der Waals surface area (Å²) in [5, 5.41) is 15.1. The van der Waals surface area contributed by atoms with Gasteiger partial charge in [-0.05, 0) is 49.3 Å². The number of carbonyl (C=O) groups is 1. The predicted octanol–water partition coefficient (Wildman–Crippen LogP) is 2.41. The van der Waals surface area contributed by atoms with Crippen LogP contribution in [0.2, 0.25) is 0 Å². The molecule has 0 aromatic heterocycles. The molecule has 0 radical (unpaired) electrons. The Labute approximate surface area is 143 Å². The number of nitrogens with one attached hydrogen (secondary N) is 2. The average molecular weight is 329 g/mol. The van der Waals surface area contributed by atoms with Crippen molar-refractivity contribution < 1.29 is 9.90 Å². The quantitative estimate of drug-likeness (QED) is 0.727. The van der Waals surface area contributed by atoms with Crippen molar-refractivity contribution in [2.24, 2.45) is 5.92 Å². The van der Waals surface area contributed by atoms with Crippen LogP contribution >= 0.6 is 0 Å². The van der Waals surface area contributed by atoms with Crippen LogP contribution in [0.3, 0.4) is 0 Å². The van der Waals surface area contributed by atoms with E-state index in [9.17, 15) is 9.90 Å². The number of rotatable bonds is 5. The van der Waals surface area contributed by atoms with Gasteiger partial charge in [0.15, 0.2) is 0 Å². The highest BCUT2D eigenvalue weighted by atomic mass is 16.3. The molecule has 3 rings (SSSR count). The lowest BCUT2D eigenvalue weighted by Crippen LogP contribution is -2.40. The lowest BCUT2D eigenvalue weighted by molar-refractivity contribution is 0.203. The van der Waals surface area contributed by atoms with Crippen LogP contribution in [-0.2, 0) is 6.54 Å². The van der Waals surface area contributed by atoms with Gasteiger partial charge in [0, 0.05) is 38.0 Å². The van der Waals surface area contributed by atoms with E-state index in [0.29, 0.717) is 19.1 Å². The molecule has 1 saturated heterocycles. The maximum Gasteiger partial charge on any atom is 0.315 e. The van der Waals surface area contributed by atoms with E-state index in [1.807, 2.05) is 0 Å². The monoisotopic (exact) mass is 329 g/mol. The van der Waals surface area contributed by atoms with Gasteiger partial charge in [-0.25, -0.2) is 4.79 Å². The summed E-state index contributed by atoms with van der Waals surface area (Å²) in [6, 6.07) is 8.54. The smallest absolute Gasteiger partial charge is 0.315 e. The molecule has 1 heterocycles. The molecule has 0 spiro atoms.